The highest BCUT2D eigenvalue weighted by molar-refractivity contribution is 9.10. The van der Waals surface area contributed by atoms with Crippen LogP contribution in [0, 0.1) is 12.8 Å². The SMILES string of the molecule is CC/C(=C\c1c(C)c(Br)cn(C)c1=O)C[C@H](C)CC. The number of aromatic nitrogens is 1. The lowest BCUT2D eigenvalue weighted by atomic mass is 9.95. The fourth-order valence-electron chi connectivity index (χ4n) is 2.08. The van der Waals surface area contributed by atoms with Crippen LogP contribution in [0.15, 0.2) is 21.0 Å². The van der Waals surface area contributed by atoms with Crippen molar-refractivity contribution in [1.29, 1.82) is 0 Å². The molecule has 1 heterocycles. The van der Waals surface area contributed by atoms with E-state index in [0.29, 0.717) is 5.92 Å². The van der Waals surface area contributed by atoms with E-state index >= 15 is 0 Å². The zero-order valence-electron chi connectivity index (χ0n) is 12.6. The average Bonchev–Trinajstić information content (AvgIpc) is 2.39. The van der Waals surface area contributed by atoms with Crippen molar-refractivity contribution in [3.63, 3.8) is 0 Å². The van der Waals surface area contributed by atoms with E-state index < -0.39 is 0 Å². The minimum Gasteiger partial charge on any atom is -0.317 e. The normalized spacial score (nSPS) is 13.7. The van der Waals surface area contributed by atoms with Crippen molar-refractivity contribution in [2.24, 2.45) is 13.0 Å². The lowest BCUT2D eigenvalue weighted by Crippen LogP contribution is -2.20. The maximum absolute atomic E-state index is 12.2. The first-order valence-electron chi connectivity index (χ1n) is 6.95. The van der Waals surface area contributed by atoms with Gasteiger partial charge in [0.15, 0.2) is 0 Å². The minimum absolute atomic E-state index is 0.0794. The summed E-state index contributed by atoms with van der Waals surface area (Å²) in [5.41, 5.74) is 3.28. The smallest absolute Gasteiger partial charge is 0.257 e. The van der Waals surface area contributed by atoms with E-state index in [2.05, 4.69) is 42.8 Å². The van der Waals surface area contributed by atoms with Crippen molar-refractivity contribution >= 4 is 22.0 Å². The molecule has 0 radical (unpaired) electrons. The van der Waals surface area contributed by atoms with Gasteiger partial charge in [-0.15, -0.1) is 0 Å². The van der Waals surface area contributed by atoms with Crippen LogP contribution in [-0.4, -0.2) is 4.57 Å². The molecule has 0 spiro atoms. The molecule has 0 aliphatic carbocycles. The Morgan fingerprint density at radius 2 is 2.11 bits per heavy atom. The Labute approximate surface area is 124 Å². The molecule has 0 bridgehead atoms. The lowest BCUT2D eigenvalue weighted by Gasteiger charge is -2.12. The predicted octanol–water partition coefficient (Wildman–Crippen LogP) is 4.69. The molecule has 0 fully saturated rings. The quantitative estimate of drug-likeness (QED) is 0.770. The summed E-state index contributed by atoms with van der Waals surface area (Å²) in [4.78, 5) is 12.2. The van der Waals surface area contributed by atoms with Crippen molar-refractivity contribution in [2.45, 2.75) is 47.0 Å². The van der Waals surface area contributed by atoms with Gasteiger partial charge >= 0.3 is 0 Å². The number of pyridine rings is 1. The molecular weight excluding hydrogens is 302 g/mol. The fraction of sp³-hybridized carbons (Fsp3) is 0.562. The van der Waals surface area contributed by atoms with E-state index in [1.807, 2.05) is 13.1 Å². The van der Waals surface area contributed by atoms with Crippen LogP contribution in [0.25, 0.3) is 6.08 Å². The predicted molar refractivity (Wildman–Crippen MR) is 86.5 cm³/mol. The number of nitrogens with zero attached hydrogens (tertiary/aromatic N) is 1. The second-order valence-corrected chi connectivity index (χ2v) is 6.16. The Hall–Kier alpha value is -0.830. The molecule has 1 atom stereocenters. The van der Waals surface area contributed by atoms with Gasteiger partial charge in [0.05, 0.1) is 0 Å². The average molecular weight is 326 g/mol. The van der Waals surface area contributed by atoms with Crippen molar-refractivity contribution in [2.75, 3.05) is 0 Å². The van der Waals surface area contributed by atoms with Gasteiger partial charge < -0.3 is 4.57 Å². The van der Waals surface area contributed by atoms with Crippen LogP contribution >= 0.6 is 15.9 Å². The molecule has 0 saturated heterocycles. The van der Waals surface area contributed by atoms with E-state index in [0.717, 1.165) is 28.4 Å². The Balaban J connectivity index is 3.25. The van der Waals surface area contributed by atoms with E-state index in [1.54, 1.807) is 11.6 Å². The molecule has 0 N–H and O–H groups in total. The fourth-order valence-corrected chi connectivity index (χ4v) is 2.60. The van der Waals surface area contributed by atoms with Crippen LogP contribution in [0.5, 0.6) is 0 Å². The topological polar surface area (TPSA) is 22.0 Å². The standard InChI is InChI=1S/C16H24BrNO/c1-6-11(3)8-13(7-2)9-14-12(4)15(17)10-18(5)16(14)19/h9-11H,6-8H2,1-5H3/b13-9+/t11-/m1/s1. The number of allylic oxidation sites excluding steroid dienone is 1. The summed E-state index contributed by atoms with van der Waals surface area (Å²) in [6.07, 6.45) is 7.16. The number of halogens is 1. The molecule has 0 aliphatic heterocycles. The first kappa shape index (κ1) is 16.2. The van der Waals surface area contributed by atoms with Gasteiger partial charge in [0.2, 0.25) is 0 Å². The number of hydrogen-bond acceptors (Lipinski definition) is 1. The van der Waals surface area contributed by atoms with Gasteiger partial charge in [-0.25, -0.2) is 0 Å². The zero-order valence-corrected chi connectivity index (χ0v) is 14.2. The minimum atomic E-state index is 0.0794. The molecule has 0 unspecified atom stereocenters. The van der Waals surface area contributed by atoms with Crippen LogP contribution in [0.3, 0.4) is 0 Å². The molecule has 1 aromatic heterocycles. The Morgan fingerprint density at radius 1 is 1.47 bits per heavy atom. The molecule has 1 aromatic rings. The number of rotatable bonds is 5. The largest absolute Gasteiger partial charge is 0.317 e. The van der Waals surface area contributed by atoms with Gasteiger partial charge in [0.1, 0.15) is 0 Å². The molecule has 0 aliphatic rings. The summed E-state index contributed by atoms with van der Waals surface area (Å²) in [6.45, 7) is 8.62. The van der Waals surface area contributed by atoms with Gasteiger partial charge in [0.25, 0.3) is 5.56 Å². The second kappa shape index (κ2) is 7.09. The third-order valence-electron chi connectivity index (χ3n) is 3.73. The van der Waals surface area contributed by atoms with Crippen LogP contribution < -0.4 is 5.56 Å². The first-order valence-corrected chi connectivity index (χ1v) is 7.75. The monoisotopic (exact) mass is 325 g/mol. The summed E-state index contributed by atoms with van der Waals surface area (Å²) >= 11 is 3.52. The Morgan fingerprint density at radius 3 is 2.63 bits per heavy atom. The molecule has 2 nitrogen and oxygen atoms in total. The molecule has 1 rings (SSSR count). The van der Waals surface area contributed by atoms with Crippen LogP contribution in [0.1, 0.15) is 51.2 Å². The van der Waals surface area contributed by atoms with Gasteiger partial charge in [0, 0.05) is 23.3 Å². The maximum Gasteiger partial charge on any atom is 0.257 e. The molecule has 3 heteroatoms. The third-order valence-corrected chi connectivity index (χ3v) is 4.53. The lowest BCUT2D eigenvalue weighted by molar-refractivity contribution is 0.552. The summed E-state index contributed by atoms with van der Waals surface area (Å²) in [6, 6.07) is 0. The number of hydrogen-bond donors (Lipinski definition) is 0. The van der Waals surface area contributed by atoms with Crippen LogP contribution in [-0.2, 0) is 7.05 Å². The van der Waals surface area contributed by atoms with Crippen molar-refractivity contribution < 1.29 is 0 Å². The Bertz CT molecular complexity index is 528. The first-order chi connectivity index (χ1) is 8.90. The highest BCUT2D eigenvalue weighted by Crippen LogP contribution is 2.23. The van der Waals surface area contributed by atoms with Gasteiger partial charge in [-0.1, -0.05) is 32.8 Å². The molecule has 19 heavy (non-hydrogen) atoms. The summed E-state index contributed by atoms with van der Waals surface area (Å²) in [7, 11) is 1.80. The van der Waals surface area contributed by atoms with Crippen LogP contribution in [0.4, 0.5) is 0 Å². The number of aryl methyl sites for hydroxylation is 1. The van der Waals surface area contributed by atoms with E-state index in [-0.39, 0.29) is 5.56 Å². The third kappa shape index (κ3) is 4.07. The molecular formula is C16H24BrNO. The molecule has 106 valence electrons. The van der Waals surface area contributed by atoms with E-state index in [1.165, 1.54) is 12.0 Å². The summed E-state index contributed by atoms with van der Waals surface area (Å²) in [5.74, 6) is 0.669. The van der Waals surface area contributed by atoms with Crippen LogP contribution in [0.2, 0.25) is 0 Å². The Kier molecular flexibility index (Phi) is 6.05. The maximum atomic E-state index is 12.2. The molecule has 0 saturated carbocycles. The summed E-state index contributed by atoms with van der Waals surface area (Å²) in [5, 5.41) is 0. The van der Waals surface area contributed by atoms with Gasteiger partial charge in [-0.2, -0.15) is 0 Å². The van der Waals surface area contributed by atoms with Crippen molar-refractivity contribution in [3.05, 3.63) is 37.7 Å². The van der Waals surface area contributed by atoms with E-state index in [9.17, 15) is 4.79 Å². The van der Waals surface area contributed by atoms with E-state index in [4.69, 9.17) is 0 Å². The summed E-state index contributed by atoms with van der Waals surface area (Å²) < 4.78 is 2.62. The van der Waals surface area contributed by atoms with Crippen molar-refractivity contribution in [3.8, 4) is 0 Å². The molecule has 0 amide bonds. The highest BCUT2D eigenvalue weighted by Gasteiger charge is 2.09. The van der Waals surface area contributed by atoms with Crippen molar-refractivity contribution in [1.82, 2.24) is 4.57 Å². The van der Waals surface area contributed by atoms with Gasteiger partial charge in [-0.3, -0.25) is 4.79 Å². The van der Waals surface area contributed by atoms with Gasteiger partial charge in [-0.05, 0) is 53.3 Å². The zero-order chi connectivity index (χ0) is 14.6. The second-order valence-electron chi connectivity index (χ2n) is 5.31. The molecule has 0 aromatic carbocycles. The highest BCUT2D eigenvalue weighted by atomic mass is 79.9.